The minimum atomic E-state index is -0.395. The molecular formula is C27H37FN4O3. The summed E-state index contributed by atoms with van der Waals surface area (Å²) in [5.41, 5.74) is 2.78. The van der Waals surface area contributed by atoms with E-state index in [0.29, 0.717) is 60.3 Å². The molecule has 0 saturated carbocycles. The second-order valence-corrected chi connectivity index (χ2v) is 9.08. The maximum atomic E-state index is 14.1. The Morgan fingerprint density at radius 2 is 1.74 bits per heavy atom. The number of carbonyl (C=O) groups excluding carboxylic acids is 2. The third-order valence-electron chi connectivity index (χ3n) is 6.65. The summed E-state index contributed by atoms with van der Waals surface area (Å²) in [5, 5.41) is 3.01. The smallest absolute Gasteiger partial charge is 0.321 e. The van der Waals surface area contributed by atoms with Gasteiger partial charge in [0.15, 0.2) is 0 Å². The number of nitrogens with zero attached hydrogens (tertiary/aromatic N) is 3. The van der Waals surface area contributed by atoms with Gasteiger partial charge in [-0.2, -0.15) is 0 Å². The zero-order valence-corrected chi connectivity index (χ0v) is 21.7. The number of hydrogen-bond acceptors (Lipinski definition) is 4. The summed E-state index contributed by atoms with van der Waals surface area (Å²) in [6, 6.07) is 8.09. The minimum Gasteiger partial charge on any atom is -0.496 e. The number of ether oxygens (including phenoxy) is 1. The van der Waals surface area contributed by atoms with Gasteiger partial charge in [0.2, 0.25) is 0 Å². The van der Waals surface area contributed by atoms with Crippen LogP contribution in [-0.2, 0) is 0 Å². The van der Waals surface area contributed by atoms with Crippen molar-refractivity contribution in [3.05, 3.63) is 47.3 Å². The Morgan fingerprint density at radius 3 is 2.31 bits per heavy atom. The summed E-state index contributed by atoms with van der Waals surface area (Å²) in [6.07, 6.45) is 0. The summed E-state index contributed by atoms with van der Waals surface area (Å²) in [4.78, 5) is 32.5. The first kappa shape index (κ1) is 26.5. The van der Waals surface area contributed by atoms with Crippen molar-refractivity contribution >= 4 is 17.6 Å². The SMILES string of the molecule is CCN(CC)C(=O)c1cc(-c2cc(F)ccc2OC)cc(C)c1NC(=O)N1CCN(C(C)C)CC1. The monoisotopic (exact) mass is 484 g/mol. The number of benzene rings is 2. The number of hydrogen-bond donors (Lipinski definition) is 1. The summed E-state index contributed by atoms with van der Waals surface area (Å²) < 4.78 is 19.5. The molecule has 1 heterocycles. The maximum Gasteiger partial charge on any atom is 0.321 e. The number of methoxy groups -OCH3 is 1. The predicted octanol–water partition coefficient (Wildman–Crippen LogP) is 4.85. The Labute approximate surface area is 207 Å². The first-order valence-corrected chi connectivity index (χ1v) is 12.3. The molecule has 0 spiro atoms. The van der Waals surface area contributed by atoms with Crippen LogP contribution in [0.1, 0.15) is 43.6 Å². The zero-order valence-electron chi connectivity index (χ0n) is 21.7. The van der Waals surface area contributed by atoms with E-state index in [1.807, 2.05) is 26.8 Å². The van der Waals surface area contributed by atoms with E-state index in [0.717, 1.165) is 18.7 Å². The van der Waals surface area contributed by atoms with E-state index in [9.17, 15) is 14.0 Å². The topological polar surface area (TPSA) is 65.1 Å². The summed E-state index contributed by atoms with van der Waals surface area (Å²) >= 11 is 0. The van der Waals surface area contributed by atoms with Crippen LogP contribution in [0.25, 0.3) is 11.1 Å². The summed E-state index contributed by atoms with van der Waals surface area (Å²) in [6.45, 7) is 13.9. The molecular weight excluding hydrogens is 447 g/mol. The first-order valence-electron chi connectivity index (χ1n) is 12.3. The van der Waals surface area contributed by atoms with Gasteiger partial charge in [0.25, 0.3) is 5.91 Å². The van der Waals surface area contributed by atoms with Crippen LogP contribution in [0.3, 0.4) is 0 Å². The third kappa shape index (κ3) is 5.93. The fraction of sp³-hybridized carbons (Fsp3) is 0.481. The van der Waals surface area contributed by atoms with Crippen molar-refractivity contribution in [2.75, 3.05) is 51.7 Å². The standard InChI is InChI=1S/C27H37FN4O3/c1-7-30(8-2)26(33)23-16-20(22-17-21(28)9-10-24(22)35-6)15-19(5)25(23)29-27(34)32-13-11-31(12-14-32)18(3)4/h9-10,15-18H,7-8,11-14H2,1-6H3,(H,29,34). The van der Waals surface area contributed by atoms with Gasteiger partial charge in [-0.05, 0) is 76.1 Å². The van der Waals surface area contributed by atoms with Crippen molar-refractivity contribution in [2.45, 2.75) is 40.7 Å². The average molecular weight is 485 g/mol. The van der Waals surface area contributed by atoms with Gasteiger partial charge in [-0.3, -0.25) is 9.69 Å². The molecule has 3 amide bonds. The second-order valence-electron chi connectivity index (χ2n) is 9.08. The van der Waals surface area contributed by atoms with Gasteiger partial charge >= 0.3 is 6.03 Å². The Hall–Kier alpha value is -3.13. The highest BCUT2D eigenvalue weighted by Crippen LogP contribution is 2.35. The lowest BCUT2D eigenvalue weighted by Crippen LogP contribution is -2.51. The fourth-order valence-corrected chi connectivity index (χ4v) is 4.49. The normalized spacial score (nSPS) is 14.2. The molecule has 0 radical (unpaired) electrons. The van der Waals surface area contributed by atoms with Gasteiger partial charge in [-0.25, -0.2) is 9.18 Å². The van der Waals surface area contributed by atoms with Crippen molar-refractivity contribution in [2.24, 2.45) is 0 Å². The van der Waals surface area contributed by atoms with Gasteiger partial charge in [0, 0.05) is 50.9 Å². The van der Waals surface area contributed by atoms with E-state index < -0.39 is 5.82 Å². The van der Waals surface area contributed by atoms with Crippen LogP contribution in [0.2, 0.25) is 0 Å². The summed E-state index contributed by atoms with van der Waals surface area (Å²) in [7, 11) is 1.53. The molecule has 7 nitrogen and oxygen atoms in total. The number of carbonyl (C=O) groups is 2. The quantitative estimate of drug-likeness (QED) is 0.610. The predicted molar refractivity (Wildman–Crippen MR) is 138 cm³/mol. The highest BCUT2D eigenvalue weighted by Gasteiger charge is 2.26. The van der Waals surface area contributed by atoms with Crippen molar-refractivity contribution in [3.8, 4) is 16.9 Å². The number of urea groups is 1. The van der Waals surface area contributed by atoms with Crippen LogP contribution in [-0.4, -0.2) is 79.1 Å². The molecule has 0 unspecified atom stereocenters. The Morgan fingerprint density at radius 1 is 1.09 bits per heavy atom. The van der Waals surface area contributed by atoms with E-state index in [2.05, 4.69) is 24.1 Å². The molecule has 3 rings (SSSR count). The second kappa shape index (κ2) is 11.5. The molecule has 1 aliphatic heterocycles. The van der Waals surface area contributed by atoms with Gasteiger partial charge in [-0.1, -0.05) is 0 Å². The molecule has 0 atom stereocenters. The average Bonchev–Trinajstić information content (AvgIpc) is 2.85. The molecule has 2 aromatic rings. The number of rotatable bonds is 7. The number of halogens is 1. The lowest BCUT2D eigenvalue weighted by Gasteiger charge is -2.37. The third-order valence-corrected chi connectivity index (χ3v) is 6.65. The number of nitrogens with one attached hydrogen (secondary N) is 1. The van der Waals surface area contributed by atoms with Crippen molar-refractivity contribution < 1.29 is 18.7 Å². The van der Waals surface area contributed by atoms with Crippen molar-refractivity contribution in [3.63, 3.8) is 0 Å². The fourth-order valence-electron chi connectivity index (χ4n) is 4.49. The molecule has 0 bridgehead atoms. The molecule has 1 N–H and O–H groups in total. The molecule has 1 aliphatic rings. The van der Waals surface area contributed by atoms with Crippen LogP contribution in [0.4, 0.5) is 14.9 Å². The van der Waals surface area contributed by atoms with Gasteiger partial charge < -0.3 is 19.9 Å². The molecule has 1 fully saturated rings. The van der Waals surface area contributed by atoms with Gasteiger partial charge in [0.05, 0.1) is 18.4 Å². The molecule has 0 aromatic heterocycles. The molecule has 190 valence electrons. The molecule has 8 heteroatoms. The van der Waals surface area contributed by atoms with Crippen LogP contribution in [0, 0.1) is 12.7 Å². The minimum absolute atomic E-state index is 0.185. The first-order chi connectivity index (χ1) is 16.7. The van der Waals surface area contributed by atoms with Crippen LogP contribution >= 0.6 is 0 Å². The van der Waals surface area contributed by atoms with Gasteiger partial charge in [-0.15, -0.1) is 0 Å². The Balaban J connectivity index is 2.00. The molecule has 0 aliphatic carbocycles. The van der Waals surface area contributed by atoms with E-state index >= 15 is 0 Å². The van der Waals surface area contributed by atoms with E-state index in [4.69, 9.17) is 4.74 Å². The van der Waals surface area contributed by atoms with E-state index in [1.54, 1.807) is 21.9 Å². The number of anilines is 1. The highest BCUT2D eigenvalue weighted by atomic mass is 19.1. The van der Waals surface area contributed by atoms with Crippen LogP contribution in [0.15, 0.2) is 30.3 Å². The number of aryl methyl sites for hydroxylation is 1. The largest absolute Gasteiger partial charge is 0.496 e. The summed E-state index contributed by atoms with van der Waals surface area (Å²) in [5.74, 6) is -0.0740. The van der Waals surface area contributed by atoms with E-state index in [-0.39, 0.29) is 11.9 Å². The van der Waals surface area contributed by atoms with E-state index in [1.165, 1.54) is 19.2 Å². The number of amides is 3. The highest BCUT2D eigenvalue weighted by molar-refractivity contribution is 6.05. The Bertz CT molecular complexity index is 1060. The van der Waals surface area contributed by atoms with Crippen molar-refractivity contribution in [1.29, 1.82) is 0 Å². The van der Waals surface area contributed by atoms with Crippen molar-refractivity contribution in [1.82, 2.24) is 14.7 Å². The maximum absolute atomic E-state index is 14.1. The molecule has 2 aromatic carbocycles. The lowest BCUT2D eigenvalue weighted by molar-refractivity contribution is 0.0774. The lowest BCUT2D eigenvalue weighted by atomic mass is 9.96. The molecule has 35 heavy (non-hydrogen) atoms. The number of piperazine rings is 1. The van der Waals surface area contributed by atoms with Gasteiger partial charge in [0.1, 0.15) is 11.6 Å². The molecule has 1 saturated heterocycles. The zero-order chi connectivity index (χ0) is 25.7. The Kier molecular flexibility index (Phi) is 8.72. The van der Waals surface area contributed by atoms with Crippen LogP contribution in [0.5, 0.6) is 5.75 Å². The van der Waals surface area contributed by atoms with Crippen LogP contribution < -0.4 is 10.1 Å².